The third-order valence-corrected chi connectivity index (χ3v) is 5.34. The molecule has 1 aliphatic carbocycles. The van der Waals surface area contributed by atoms with Crippen molar-refractivity contribution in [2.45, 2.75) is 45.1 Å². The van der Waals surface area contributed by atoms with Gasteiger partial charge >= 0.3 is 0 Å². The van der Waals surface area contributed by atoms with Crippen molar-refractivity contribution in [3.8, 4) is 0 Å². The van der Waals surface area contributed by atoms with E-state index in [2.05, 4.69) is 16.5 Å². The molecule has 1 atom stereocenters. The van der Waals surface area contributed by atoms with E-state index in [-0.39, 0.29) is 5.91 Å². The zero-order valence-electron chi connectivity index (χ0n) is 13.6. The number of aromatic nitrogens is 2. The van der Waals surface area contributed by atoms with Crippen LogP contribution in [0.3, 0.4) is 0 Å². The maximum Gasteiger partial charge on any atom is 0.257 e. The van der Waals surface area contributed by atoms with E-state index in [1.165, 1.54) is 37.0 Å². The largest absolute Gasteiger partial charge is 0.472 e. The van der Waals surface area contributed by atoms with Crippen LogP contribution < -0.4 is 0 Å². The Morgan fingerprint density at radius 3 is 2.96 bits per heavy atom. The lowest BCUT2D eigenvalue weighted by Gasteiger charge is -2.27. The Bertz CT molecular complexity index is 685. The molecular weight excluding hydrogens is 290 g/mol. The highest BCUT2D eigenvalue weighted by Crippen LogP contribution is 2.36. The van der Waals surface area contributed by atoms with Crippen molar-refractivity contribution in [2.75, 3.05) is 13.1 Å². The van der Waals surface area contributed by atoms with E-state index in [0.717, 1.165) is 26.1 Å². The highest BCUT2D eigenvalue weighted by atomic mass is 16.3. The molecule has 1 saturated heterocycles. The lowest BCUT2D eigenvalue weighted by atomic mass is 9.84. The Balaban J connectivity index is 1.43. The van der Waals surface area contributed by atoms with Crippen molar-refractivity contribution in [3.63, 3.8) is 0 Å². The fourth-order valence-corrected chi connectivity index (χ4v) is 3.70. The van der Waals surface area contributed by atoms with Gasteiger partial charge in [0.25, 0.3) is 5.91 Å². The van der Waals surface area contributed by atoms with Crippen LogP contribution in [0.15, 0.2) is 29.2 Å². The number of furan rings is 1. The molecule has 0 aromatic carbocycles. The summed E-state index contributed by atoms with van der Waals surface area (Å²) >= 11 is 0. The first kappa shape index (κ1) is 14.5. The van der Waals surface area contributed by atoms with Gasteiger partial charge in [-0.2, -0.15) is 0 Å². The van der Waals surface area contributed by atoms with Crippen molar-refractivity contribution >= 4 is 5.91 Å². The number of hydrogen-bond acceptors (Lipinski definition) is 3. The van der Waals surface area contributed by atoms with E-state index in [1.54, 1.807) is 12.3 Å². The molecule has 5 heteroatoms. The van der Waals surface area contributed by atoms with Crippen molar-refractivity contribution in [1.29, 1.82) is 0 Å². The molecule has 122 valence electrons. The van der Waals surface area contributed by atoms with Crippen LogP contribution in [-0.4, -0.2) is 33.4 Å². The highest BCUT2D eigenvalue weighted by molar-refractivity contribution is 5.93. The fraction of sp³-hybridized carbons (Fsp3) is 0.556. The van der Waals surface area contributed by atoms with Gasteiger partial charge in [-0.1, -0.05) is 6.42 Å². The number of likely N-dealkylation sites (tertiary alicyclic amines) is 1. The molecular formula is C18H23N3O2. The predicted molar refractivity (Wildman–Crippen MR) is 86.3 cm³/mol. The van der Waals surface area contributed by atoms with Crippen LogP contribution in [0, 0.1) is 12.8 Å². The number of nitrogens with zero attached hydrogens (tertiary/aromatic N) is 3. The van der Waals surface area contributed by atoms with Gasteiger partial charge in [0.05, 0.1) is 11.8 Å². The van der Waals surface area contributed by atoms with E-state index in [0.29, 0.717) is 17.4 Å². The zero-order chi connectivity index (χ0) is 15.8. The van der Waals surface area contributed by atoms with Gasteiger partial charge < -0.3 is 13.9 Å². The van der Waals surface area contributed by atoms with Crippen molar-refractivity contribution in [2.24, 2.45) is 5.92 Å². The van der Waals surface area contributed by atoms with Crippen molar-refractivity contribution in [3.05, 3.63) is 41.9 Å². The Labute approximate surface area is 136 Å². The second-order valence-electron chi connectivity index (χ2n) is 6.91. The summed E-state index contributed by atoms with van der Waals surface area (Å²) in [6.45, 7) is 4.78. The molecule has 0 radical (unpaired) electrons. The molecule has 2 aromatic rings. The van der Waals surface area contributed by atoms with E-state index in [9.17, 15) is 4.79 Å². The van der Waals surface area contributed by atoms with Gasteiger partial charge in [-0.15, -0.1) is 0 Å². The first-order valence-electron chi connectivity index (χ1n) is 8.56. The maximum absolute atomic E-state index is 12.4. The van der Waals surface area contributed by atoms with Gasteiger partial charge in [0.2, 0.25) is 0 Å². The summed E-state index contributed by atoms with van der Waals surface area (Å²) < 4.78 is 7.41. The van der Waals surface area contributed by atoms with Crippen LogP contribution in [0.4, 0.5) is 0 Å². The predicted octanol–water partition coefficient (Wildman–Crippen LogP) is 3.21. The summed E-state index contributed by atoms with van der Waals surface area (Å²) in [5.41, 5.74) is 1.89. The maximum atomic E-state index is 12.4. The molecule has 1 aliphatic heterocycles. The number of amides is 1. The fourth-order valence-electron chi connectivity index (χ4n) is 3.70. The normalized spacial score (nSPS) is 21.6. The number of carbonyl (C=O) groups excluding carboxylic acids is 1. The molecule has 4 rings (SSSR count). The third-order valence-electron chi connectivity index (χ3n) is 5.34. The average molecular weight is 313 g/mol. The second kappa shape index (κ2) is 5.87. The Kier molecular flexibility index (Phi) is 3.71. The summed E-state index contributed by atoms with van der Waals surface area (Å²) in [7, 11) is 0. The van der Waals surface area contributed by atoms with E-state index >= 15 is 0 Å². The Morgan fingerprint density at radius 1 is 1.39 bits per heavy atom. The lowest BCUT2D eigenvalue weighted by Crippen LogP contribution is -2.29. The van der Waals surface area contributed by atoms with Crippen LogP contribution in [0.5, 0.6) is 0 Å². The van der Waals surface area contributed by atoms with Gasteiger partial charge in [-0.3, -0.25) is 4.79 Å². The molecule has 2 aromatic heterocycles. The standard InChI is InChI=1S/C18H23N3O2/c1-13-9-19-17(15-3-2-4-15)21(13)11-14-5-7-20(10-14)18(22)16-6-8-23-12-16/h6,8-9,12,14-15H,2-5,7,10-11H2,1H3. The van der Waals surface area contributed by atoms with Crippen LogP contribution in [0.1, 0.15) is 53.5 Å². The van der Waals surface area contributed by atoms with Gasteiger partial charge in [0.15, 0.2) is 0 Å². The van der Waals surface area contributed by atoms with Crippen molar-refractivity contribution < 1.29 is 9.21 Å². The first-order valence-corrected chi connectivity index (χ1v) is 8.56. The molecule has 0 spiro atoms. The minimum atomic E-state index is 0.0859. The minimum Gasteiger partial charge on any atom is -0.472 e. The van der Waals surface area contributed by atoms with Crippen LogP contribution in [0.25, 0.3) is 0 Å². The SMILES string of the molecule is Cc1cnc(C2CCC2)n1CC1CCN(C(=O)c2ccoc2)C1. The molecule has 0 bridgehead atoms. The smallest absolute Gasteiger partial charge is 0.257 e. The first-order chi connectivity index (χ1) is 11.2. The minimum absolute atomic E-state index is 0.0859. The monoisotopic (exact) mass is 313 g/mol. The van der Waals surface area contributed by atoms with Gasteiger partial charge in [0.1, 0.15) is 12.1 Å². The van der Waals surface area contributed by atoms with Crippen LogP contribution in [-0.2, 0) is 6.54 Å². The Hall–Kier alpha value is -2.04. The third kappa shape index (κ3) is 2.69. The number of rotatable bonds is 4. The summed E-state index contributed by atoms with van der Waals surface area (Å²) in [5.74, 6) is 2.50. The number of aryl methyl sites for hydroxylation is 1. The summed E-state index contributed by atoms with van der Waals surface area (Å²) in [4.78, 5) is 19.0. The molecule has 2 fully saturated rings. The molecule has 23 heavy (non-hydrogen) atoms. The molecule has 2 aliphatic rings. The van der Waals surface area contributed by atoms with Crippen LogP contribution in [0.2, 0.25) is 0 Å². The second-order valence-corrected chi connectivity index (χ2v) is 6.91. The average Bonchev–Trinajstić information content (AvgIpc) is 3.22. The van der Waals surface area contributed by atoms with Gasteiger partial charge in [-0.25, -0.2) is 4.98 Å². The molecule has 5 nitrogen and oxygen atoms in total. The highest BCUT2D eigenvalue weighted by Gasteiger charge is 2.30. The van der Waals surface area contributed by atoms with E-state index in [1.807, 2.05) is 11.1 Å². The summed E-state index contributed by atoms with van der Waals surface area (Å²) in [6.07, 6.45) is 10.0. The molecule has 1 unspecified atom stereocenters. The Morgan fingerprint density at radius 2 is 2.26 bits per heavy atom. The molecule has 1 saturated carbocycles. The number of hydrogen-bond donors (Lipinski definition) is 0. The molecule has 1 amide bonds. The summed E-state index contributed by atoms with van der Waals surface area (Å²) in [6, 6.07) is 1.74. The molecule has 0 N–H and O–H groups in total. The van der Waals surface area contributed by atoms with E-state index < -0.39 is 0 Å². The van der Waals surface area contributed by atoms with Gasteiger partial charge in [0, 0.05) is 37.4 Å². The number of imidazole rings is 1. The van der Waals surface area contributed by atoms with Gasteiger partial charge in [-0.05, 0) is 38.2 Å². The zero-order valence-corrected chi connectivity index (χ0v) is 13.6. The summed E-state index contributed by atoms with van der Waals surface area (Å²) in [5, 5.41) is 0. The van der Waals surface area contributed by atoms with E-state index in [4.69, 9.17) is 4.42 Å². The quantitative estimate of drug-likeness (QED) is 0.871. The van der Waals surface area contributed by atoms with Crippen LogP contribution >= 0.6 is 0 Å². The molecule has 3 heterocycles. The van der Waals surface area contributed by atoms with Crippen molar-refractivity contribution in [1.82, 2.24) is 14.5 Å². The topological polar surface area (TPSA) is 51.3 Å². The number of carbonyl (C=O) groups is 1. The lowest BCUT2D eigenvalue weighted by molar-refractivity contribution is 0.0785.